The van der Waals surface area contributed by atoms with Crippen LogP contribution in [0.2, 0.25) is 5.28 Å². The number of phenolic OH excluding ortho intramolecular Hbond substituents is 1. The van der Waals surface area contributed by atoms with Crippen molar-refractivity contribution < 1.29 is 34.9 Å². The van der Waals surface area contributed by atoms with Gasteiger partial charge in [-0.1, -0.05) is 13.8 Å². The fraction of sp³-hybridized carbons (Fsp3) is 0.219. The van der Waals surface area contributed by atoms with Crippen molar-refractivity contribution in [1.29, 1.82) is 0 Å². The van der Waals surface area contributed by atoms with Crippen molar-refractivity contribution in [1.82, 2.24) is 15.0 Å². The van der Waals surface area contributed by atoms with Crippen molar-refractivity contribution in [3.05, 3.63) is 77.6 Å². The van der Waals surface area contributed by atoms with Crippen LogP contribution in [0.15, 0.2) is 91.6 Å². The second kappa shape index (κ2) is 14.8. The van der Waals surface area contributed by atoms with Crippen molar-refractivity contribution >= 4 is 86.8 Å². The summed E-state index contributed by atoms with van der Waals surface area (Å²) in [7, 11) is -11.6. The molecule has 0 aliphatic carbocycles. The normalized spacial score (nSPS) is 12.4. The Balaban J connectivity index is 1.52. The van der Waals surface area contributed by atoms with E-state index in [9.17, 15) is 34.9 Å². The quantitative estimate of drug-likeness (QED) is 0.0685. The van der Waals surface area contributed by atoms with E-state index in [2.05, 4.69) is 35.8 Å². The molecular weight excluding hydrogens is 742 g/mol. The Morgan fingerprint density at radius 1 is 0.725 bits per heavy atom. The van der Waals surface area contributed by atoms with Gasteiger partial charge in [-0.3, -0.25) is 4.55 Å². The molecule has 0 atom stereocenters. The zero-order valence-corrected chi connectivity index (χ0v) is 30.6. The average Bonchev–Trinajstić information content (AvgIpc) is 3.04. The van der Waals surface area contributed by atoms with E-state index >= 15 is 0 Å². The van der Waals surface area contributed by atoms with E-state index in [1.165, 1.54) is 54.6 Å². The molecule has 5 rings (SSSR count). The van der Waals surface area contributed by atoms with Gasteiger partial charge in [0.05, 0.1) is 37.6 Å². The molecule has 19 heteroatoms. The third-order valence-corrected chi connectivity index (χ3v) is 12.3. The lowest BCUT2D eigenvalue weighted by Crippen LogP contribution is -2.07. The van der Waals surface area contributed by atoms with Crippen LogP contribution in [0, 0.1) is 6.92 Å². The van der Waals surface area contributed by atoms with Gasteiger partial charge in [0, 0.05) is 11.1 Å². The smallest absolute Gasteiger partial charge is 0.294 e. The second-order valence-electron chi connectivity index (χ2n) is 11.3. The number of azo groups is 1. The van der Waals surface area contributed by atoms with Crippen molar-refractivity contribution in [2.45, 2.75) is 48.3 Å². The highest BCUT2D eigenvalue weighted by Gasteiger charge is 2.21. The first-order valence-electron chi connectivity index (χ1n) is 15.3. The first-order valence-corrected chi connectivity index (χ1v) is 20.4. The zero-order valence-electron chi connectivity index (χ0n) is 27.4. The molecule has 4 N–H and O–H groups in total. The maximum Gasteiger partial charge on any atom is 0.294 e. The van der Waals surface area contributed by atoms with Crippen molar-refractivity contribution in [3.8, 4) is 5.75 Å². The molecule has 0 saturated carbocycles. The Labute approximate surface area is 299 Å². The minimum Gasteiger partial charge on any atom is -0.505 e. The fourth-order valence-electron chi connectivity index (χ4n) is 5.05. The molecule has 1 heterocycles. The van der Waals surface area contributed by atoms with Gasteiger partial charge in [-0.25, -0.2) is 16.8 Å². The molecule has 268 valence electrons. The number of phenols is 1. The molecule has 0 fully saturated rings. The number of hydrogen-bond acceptors (Lipinski definition) is 14. The van der Waals surface area contributed by atoms with Gasteiger partial charge in [-0.05, 0) is 109 Å². The summed E-state index contributed by atoms with van der Waals surface area (Å²) in [6, 6.07) is 15.5. The molecule has 0 radical (unpaired) electrons. The maximum atomic E-state index is 12.4. The molecule has 4 aromatic carbocycles. The molecule has 0 spiro atoms. The number of aromatic nitrogens is 3. The minimum atomic E-state index is -4.72. The van der Waals surface area contributed by atoms with Gasteiger partial charge in [0.2, 0.25) is 17.2 Å². The number of aryl methyl sites for hydroxylation is 1. The van der Waals surface area contributed by atoms with Gasteiger partial charge in [-0.2, -0.15) is 28.5 Å². The summed E-state index contributed by atoms with van der Waals surface area (Å²) in [5, 5.41) is 25.6. The number of nitrogens with one attached hydrogen (secondary N) is 2. The number of fused-ring (bicyclic) bond motifs is 1. The molecule has 0 saturated heterocycles. The summed E-state index contributed by atoms with van der Waals surface area (Å²) in [6.45, 7) is 5.15. The summed E-state index contributed by atoms with van der Waals surface area (Å²) in [6.07, 6.45) is 0.935. The Bertz CT molecular complexity index is 2480. The molecule has 51 heavy (non-hydrogen) atoms. The van der Waals surface area contributed by atoms with Crippen LogP contribution in [-0.2, 0) is 29.8 Å². The Kier molecular flexibility index (Phi) is 10.9. The lowest BCUT2D eigenvalue weighted by Gasteiger charge is -2.15. The molecule has 0 amide bonds. The van der Waals surface area contributed by atoms with E-state index in [1.807, 2.05) is 0 Å². The second-order valence-corrected chi connectivity index (χ2v) is 17.3. The summed E-state index contributed by atoms with van der Waals surface area (Å²) >= 11 is 6.18. The minimum absolute atomic E-state index is 0.00346. The van der Waals surface area contributed by atoms with Crippen molar-refractivity contribution in [2.24, 2.45) is 10.2 Å². The van der Waals surface area contributed by atoms with Gasteiger partial charge < -0.3 is 15.7 Å². The number of rotatable bonds is 13. The van der Waals surface area contributed by atoms with Crippen molar-refractivity contribution in [2.75, 3.05) is 22.1 Å². The van der Waals surface area contributed by atoms with E-state index in [-0.39, 0.29) is 60.6 Å². The maximum absolute atomic E-state index is 12.4. The SMILES string of the molecule is CCCS(=O)(=O)c1ccc(N=Nc2c(C)cc3cc(S(=O)(=O)O)cc(Nc4nc(Cl)nc(Nc5ccc(S(=O)(=O)CCC)cc5)n4)c3c2O)cc1. The monoisotopic (exact) mass is 773 g/mol. The van der Waals surface area contributed by atoms with E-state index in [4.69, 9.17) is 11.6 Å². The van der Waals surface area contributed by atoms with Gasteiger partial charge in [-0.15, -0.1) is 5.11 Å². The summed E-state index contributed by atoms with van der Waals surface area (Å²) in [5.74, 6) is -0.637. The molecule has 1 aromatic heterocycles. The van der Waals surface area contributed by atoms with E-state index in [0.717, 1.165) is 12.1 Å². The van der Waals surface area contributed by atoms with E-state index in [1.54, 1.807) is 20.8 Å². The van der Waals surface area contributed by atoms with Gasteiger partial charge >= 0.3 is 0 Å². The number of anilines is 4. The van der Waals surface area contributed by atoms with Crippen LogP contribution in [0.4, 0.5) is 34.6 Å². The van der Waals surface area contributed by atoms with E-state index < -0.39 is 40.4 Å². The predicted octanol–water partition coefficient (Wildman–Crippen LogP) is 7.21. The largest absolute Gasteiger partial charge is 0.505 e. The van der Waals surface area contributed by atoms with Crippen LogP contribution in [0.25, 0.3) is 10.8 Å². The van der Waals surface area contributed by atoms with Crippen LogP contribution in [0.1, 0.15) is 32.3 Å². The van der Waals surface area contributed by atoms with Crippen LogP contribution in [0.5, 0.6) is 5.75 Å². The fourth-order valence-corrected chi connectivity index (χ4v) is 8.40. The zero-order chi connectivity index (χ0) is 37.1. The van der Waals surface area contributed by atoms with E-state index in [0.29, 0.717) is 29.8 Å². The molecule has 0 unspecified atom stereocenters. The Morgan fingerprint density at radius 2 is 1.27 bits per heavy atom. The first kappa shape index (κ1) is 37.5. The van der Waals surface area contributed by atoms with Crippen molar-refractivity contribution in [3.63, 3.8) is 0 Å². The third-order valence-electron chi connectivity index (χ3n) is 7.38. The number of sulfone groups is 2. The molecule has 15 nitrogen and oxygen atoms in total. The Hall–Kier alpha value is -4.75. The third kappa shape index (κ3) is 8.77. The first-order chi connectivity index (χ1) is 24.0. The number of nitrogens with zero attached hydrogens (tertiary/aromatic N) is 5. The molecule has 0 aliphatic rings. The Morgan fingerprint density at radius 3 is 1.82 bits per heavy atom. The predicted molar refractivity (Wildman–Crippen MR) is 193 cm³/mol. The van der Waals surface area contributed by atoms with Crippen LogP contribution < -0.4 is 10.6 Å². The highest BCUT2D eigenvalue weighted by molar-refractivity contribution is 7.91. The summed E-state index contributed by atoms with van der Waals surface area (Å²) in [4.78, 5) is 12.2. The molecular formula is C32H32ClN7O8S3. The summed E-state index contributed by atoms with van der Waals surface area (Å²) in [5.41, 5.74) is 1.10. The summed E-state index contributed by atoms with van der Waals surface area (Å²) < 4.78 is 83.9. The lowest BCUT2D eigenvalue weighted by atomic mass is 10.0. The van der Waals surface area contributed by atoms with Crippen LogP contribution in [0.3, 0.4) is 0 Å². The lowest BCUT2D eigenvalue weighted by molar-refractivity contribution is 0.480. The molecule has 0 bridgehead atoms. The highest BCUT2D eigenvalue weighted by atomic mass is 35.5. The standard InChI is InChI=1S/C32H32ClN7O8S3/c1-4-14-49(42,43)23-10-6-21(7-11-23)34-31-36-30(33)37-32(38-31)35-26-18-25(51(46,47)48)17-20-16-19(3)28(29(41)27(20)26)40-39-22-8-12-24(13-9-22)50(44,45)15-5-2/h6-13,16-18,41H,4-5,14-15H2,1-3H3,(H,46,47,48)(H2,34,35,36,37,38). The number of aromatic hydroxyl groups is 1. The number of benzene rings is 4. The van der Waals surface area contributed by atoms with Crippen LogP contribution >= 0.6 is 11.6 Å². The molecule has 0 aliphatic heterocycles. The average molecular weight is 774 g/mol. The highest BCUT2D eigenvalue weighted by Crippen LogP contribution is 2.44. The van der Waals surface area contributed by atoms with Gasteiger partial charge in [0.15, 0.2) is 25.4 Å². The molecule has 5 aromatic rings. The number of hydrogen-bond donors (Lipinski definition) is 4. The van der Waals surface area contributed by atoms with Crippen LogP contribution in [-0.4, -0.2) is 61.4 Å². The van der Waals surface area contributed by atoms with Gasteiger partial charge in [0.25, 0.3) is 10.1 Å². The van der Waals surface area contributed by atoms with Gasteiger partial charge in [0.1, 0.15) is 5.69 Å². The number of halogens is 1. The topological polar surface area (TPSA) is 230 Å².